The highest BCUT2D eigenvalue weighted by Crippen LogP contribution is 2.36. The van der Waals surface area contributed by atoms with E-state index in [0.717, 1.165) is 41.3 Å². The predicted molar refractivity (Wildman–Crippen MR) is 228 cm³/mol. The molecule has 1 aliphatic rings. The third-order valence-corrected chi connectivity index (χ3v) is 11.4. The summed E-state index contributed by atoms with van der Waals surface area (Å²) in [6.45, 7) is 6.62. The topological polar surface area (TPSA) is 25.8 Å². The lowest BCUT2D eigenvalue weighted by Gasteiger charge is -2.22. The second-order valence-corrected chi connectivity index (χ2v) is 15.5. The molecule has 1 aliphatic carbocycles. The van der Waals surface area contributed by atoms with Crippen LogP contribution in [0.3, 0.4) is 0 Å². The molecule has 0 N–H and O–H groups in total. The summed E-state index contributed by atoms with van der Waals surface area (Å²) in [6.07, 6.45) is 12.7. The molecule has 2 heterocycles. The molecule has 2 nitrogen and oxygen atoms in total. The van der Waals surface area contributed by atoms with Gasteiger partial charge in [0.15, 0.2) is 0 Å². The maximum Gasteiger partial charge on any atom is 0.0708 e. The molecule has 0 atom stereocenters. The van der Waals surface area contributed by atoms with Crippen molar-refractivity contribution in [3.8, 4) is 55.9 Å². The molecule has 268 valence electrons. The van der Waals surface area contributed by atoms with Crippen molar-refractivity contribution in [2.24, 2.45) is 0 Å². The number of aryl methyl sites for hydroxylation is 3. The Balaban J connectivity index is 0.969. The molecular formula is C52H50N2. The van der Waals surface area contributed by atoms with Crippen molar-refractivity contribution >= 4 is 0 Å². The van der Waals surface area contributed by atoms with E-state index in [-0.39, 0.29) is 0 Å². The van der Waals surface area contributed by atoms with Crippen molar-refractivity contribution in [1.29, 1.82) is 0 Å². The minimum Gasteiger partial charge on any atom is -0.256 e. The SMILES string of the molecule is Cc1cc(CCc2ccc(-c3ccc(C(C)C)cn3)cc2)cc(-c2ccccc2-c2ccc(-c3cc(-c4ccc(C5CCCCC5)cc4)ccn3)cc2)c1. The van der Waals surface area contributed by atoms with Gasteiger partial charge in [-0.25, -0.2) is 0 Å². The molecule has 0 radical (unpaired) electrons. The summed E-state index contributed by atoms with van der Waals surface area (Å²) in [5, 5.41) is 0. The van der Waals surface area contributed by atoms with Crippen LogP contribution in [0.15, 0.2) is 152 Å². The summed E-state index contributed by atoms with van der Waals surface area (Å²) in [7, 11) is 0. The first-order valence-electron chi connectivity index (χ1n) is 19.9. The van der Waals surface area contributed by atoms with Crippen molar-refractivity contribution in [1.82, 2.24) is 9.97 Å². The summed E-state index contributed by atoms with van der Waals surface area (Å²) in [6, 6.07) is 51.6. The Kier molecular flexibility index (Phi) is 10.6. The van der Waals surface area contributed by atoms with Gasteiger partial charge in [-0.3, -0.25) is 9.97 Å². The molecule has 0 bridgehead atoms. The van der Waals surface area contributed by atoms with Gasteiger partial charge in [0.05, 0.1) is 11.4 Å². The highest BCUT2D eigenvalue weighted by molar-refractivity contribution is 5.85. The number of hydrogen-bond donors (Lipinski definition) is 0. The lowest BCUT2D eigenvalue weighted by Crippen LogP contribution is -2.04. The second kappa shape index (κ2) is 16.2. The number of benzene rings is 5. The van der Waals surface area contributed by atoms with Crippen LogP contribution in [0.5, 0.6) is 0 Å². The molecule has 7 aromatic rings. The van der Waals surface area contributed by atoms with Crippen LogP contribution in [0.4, 0.5) is 0 Å². The predicted octanol–water partition coefficient (Wildman–Crippen LogP) is 14.1. The zero-order valence-electron chi connectivity index (χ0n) is 31.9. The van der Waals surface area contributed by atoms with Gasteiger partial charge in [-0.2, -0.15) is 0 Å². The number of rotatable bonds is 10. The molecule has 1 saturated carbocycles. The van der Waals surface area contributed by atoms with E-state index in [1.807, 2.05) is 12.4 Å². The molecule has 0 amide bonds. The second-order valence-electron chi connectivity index (χ2n) is 15.5. The monoisotopic (exact) mass is 702 g/mol. The summed E-state index contributed by atoms with van der Waals surface area (Å²) in [5.41, 5.74) is 18.5. The Morgan fingerprint density at radius 2 is 1.17 bits per heavy atom. The van der Waals surface area contributed by atoms with E-state index < -0.39 is 0 Å². The fraction of sp³-hybridized carbons (Fsp3) is 0.231. The number of aromatic nitrogens is 2. The molecule has 0 saturated heterocycles. The van der Waals surface area contributed by atoms with Gasteiger partial charge in [0.1, 0.15) is 0 Å². The molecule has 1 fully saturated rings. The lowest BCUT2D eigenvalue weighted by molar-refractivity contribution is 0.443. The zero-order chi connectivity index (χ0) is 36.9. The van der Waals surface area contributed by atoms with Crippen LogP contribution in [0.1, 0.15) is 85.6 Å². The third kappa shape index (κ3) is 8.14. The van der Waals surface area contributed by atoms with Crippen LogP contribution in [-0.2, 0) is 12.8 Å². The highest BCUT2D eigenvalue weighted by Gasteiger charge is 2.16. The van der Waals surface area contributed by atoms with E-state index in [1.54, 1.807) is 0 Å². The minimum atomic E-state index is 0.489. The summed E-state index contributed by atoms with van der Waals surface area (Å²) in [4.78, 5) is 9.49. The van der Waals surface area contributed by atoms with Gasteiger partial charge in [0, 0.05) is 23.5 Å². The summed E-state index contributed by atoms with van der Waals surface area (Å²) >= 11 is 0. The highest BCUT2D eigenvalue weighted by atomic mass is 14.7. The molecule has 0 spiro atoms. The van der Waals surface area contributed by atoms with E-state index in [0.29, 0.717) is 5.92 Å². The maximum absolute atomic E-state index is 4.78. The van der Waals surface area contributed by atoms with Crippen molar-refractivity contribution in [2.75, 3.05) is 0 Å². The maximum atomic E-state index is 4.78. The lowest BCUT2D eigenvalue weighted by atomic mass is 9.84. The van der Waals surface area contributed by atoms with Gasteiger partial charge in [0.25, 0.3) is 0 Å². The molecular weight excluding hydrogens is 653 g/mol. The Labute approximate surface area is 322 Å². The van der Waals surface area contributed by atoms with Gasteiger partial charge in [-0.15, -0.1) is 0 Å². The minimum absolute atomic E-state index is 0.489. The molecule has 2 heteroatoms. The fourth-order valence-electron chi connectivity index (χ4n) is 8.17. The molecule has 0 unspecified atom stereocenters. The van der Waals surface area contributed by atoms with Gasteiger partial charge in [0.2, 0.25) is 0 Å². The Bertz CT molecular complexity index is 2310. The molecule has 5 aromatic carbocycles. The first kappa shape index (κ1) is 35.4. The quantitative estimate of drug-likeness (QED) is 0.142. The van der Waals surface area contributed by atoms with Crippen molar-refractivity contribution in [3.63, 3.8) is 0 Å². The Morgan fingerprint density at radius 1 is 0.519 bits per heavy atom. The standard InChI is InChI=1S/C52H50N2/c1-36(2)47-27-28-51(54-35-47)44-17-15-38(16-18-44)13-14-39-31-37(3)32-48(33-39)50-12-8-7-11-49(50)43-23-25-45(26-24-43)52-34-46(29-30-53-52)42-21-19-41(20-22-42)40-9-5-4-6-10-40/h7-8,11-12,15-36,40H,4-6,9-10,13-14H2,1-3H3. The van der Waals surface area contributed by atoms with Crippen LogP contribution in [0.25, 0.3) is 55.9 Å². The van der Waals surface area contributed by atoms with Crippen LogP contribution >= 0.6 is 0 Å². The molecule has 0 aliphatic heterocycles. The van der Waals surface area contributed by atoms with Gasteiger partial charge < -0.3 is 0 Å². The first-order chi connectivity index (χ1) is 26.5. The number of hydrogen-bond acceptors (Lipinski definition) is 2. The first-order valence-corrected chi connectivity index (χ1v) is 19.9. The van der Waals surface area contributed by atoms with Gasteiger partial charge >= 0.3 is 0 Å². The smallest absolute Gasteiger partial charge is 0.0708 e. The van der Waals surface area contributed by atoms with Gasteiger partial charge in [-0.1, -0.05) is 160 Å². The van der Waals surface area contributed by atoms with E-state index in [4.69, 9.17) is 9.97 Å². The Hall–Kier alpha value is -5.60. The van der Waals surface area contributed by atoms with E-state index >= 15 is 0 Å². The summed E-state index contributed by atoms with van der Waals surface area (Å²) in [5.74, 6) is 1.21. The number of nitrogens with zero attached hydrogens (tertiary/aromatic N) is 2. The van der Waals surface area contributed by atoms with Crippen molar-refractivity contribution in [3.05, 3.63) is 180 Å². The molecule has 8 rings (SSSR count). The summed E-state index contributed by atoms with van der Waals surface area (Å²) < 4.78 is 0. The van der Waals surface area contributed by atoms with Crippen LogP contribution in [0.2, 0.25) is 0 Å². The van der Waals surface area contributed by atoms with E-state index in [2.05, 4.69) is 160 Å². The largest absolute Gasteiger partial charge is 0.256 e. The molecule has 54 heavy (non-hydrogen) atoms. The zero-order valence-corrected chi connectivity index (χ0v) is 31.9. The van der Waals surface area contributed by atoms with Crippen LogP contribution in [-0.4, -0.2) is 9.97 Å². The van der Waals surface area contributed by atoms with Crippen molar-refractivity contribution in [2.45, 2.75) is 77.6 Å². The normalized spacial score (nSPS) is 13.3. The average Bonchev–Trinajstić information content (AvgIpc) is 3.23. The van der Waals surface area contributed by atoms with Crippen LogP contribution in [0, 0.1) is 6.92 Å². The third-order valence-electron chi connectivity index (χ3n) is 11.4. The van der Waals surface area contributed by atoms with Crippen LogP contribution < -0.4 is 0 Å². The van der Waals surface area contributed by atoms with E-state index in [9.17, 15) is 0 Å². The number of pyridine rings is 2. The van der Waals surface area contributed by atoms with E-state index in [1.165, 1.54) is 93.3 Å². The van der Waals surface area contributed by atoms with Crippen molar-refractivity contribution < 1.29 is 0 Å². The fourth-order valence-corrected chi connectivity index (χ4v) is 8.17. The van der Waals surface area contributed by atoms with Gasteiger partial charge in [-0.05, 0) is 118 Å². The molecule has 2 aromatic heterocycles. The Morgan fingerprint density at radius 3 is 1.87 bits per heavy atom. The average molecular weight is 703 g/mol.